The molecule has 0 saturated heterocycles. The Morgan fingerprint density at radius 2 is 2.38 bits per heavy atom. The highest BCUT2D eigenvalue weighted by atomic mass is 35.5. The highest BCUT2D eigenvalue weighted by Crippen LogP contribution is 2.19. The third-order valence-corrected chi connectivity index (χ3v) is 1.66. The number of halogens is 1. The van der Waals surface area contributed by atoms with Gasteiger partial charge in [-0.2, -0.15) is 0 Å². The Balaban J connectivity index is 2.39. The van der Waals surface area contributed by atoms with Crippen LogP contribution in [0.25, 0.3) is 11.5 Å². The largest absolute Gasteiger partial charge is 0.463 e. The first kappa shape index (κ1) is 8.07. The topological polar surface area (TPSA) is 56.2 Å². The first-order valence-electron chi connectivity index (χ1n) is 3.48. The molecule has 13 heavy (non-hydrogen) atoms. The third-order valence-electron chi connectivity index (χ3n) is 1.48. The molecule has 0 radical (unpaired) electrons. The van der Waals surface area contributed by atoms with E-state index in [0.717, 1.165) is 0 Å². The van der Waals surface area contributed by atoms with Crippen molar-refractivity contribution < 1.29 is 13.7 Å². The second-order valence-electron chi connectivity index (χ2n) is 2.33. The maximum Gasteiger partial charge on any atom is 0.290 e. The first-order chi connectivity index (χ1) is 6.27. The Bertz CT molecular complexity index is 418. The van der Waals surface area contributed by atoms with Gasteiger partial charge in [0.2, 0.25) is 5.76 Å². The van der Waals surface area contributed by atoms with Crippen molar-refractivity contribution in [2.75, 3.05) is 0 Å². The van der Waals surface area contributed by atoms with Crippen LogP contribution in [0.5, 0.6) is 0 Å². The molecule has 2 heterocycles. The molecule has 0 atom stereocenters. The number of carbonyl (C=O) groups is 1. The second kappa shape index (κ2) is 3.06. The zero-order valence-electron chi connectivity index (χ0n) is 6.36. The fourth-order valence-electron chi connectivity index (χ4n) is 0.908. The quantitative estimate of drug-likeness (QED) is 0.694. The molecular weight excluding hydrogens is 194 g/mol. The normalized spacial score (nSPS) is 10.2. The summed E-state index contributed by atoms with van der Waals surface area (Å²) in [6.45, 7) is 0. The minimum absolute atomic E-state index is 0.00747. The van der Waals surface area contributed by atoms with E-state index in [1.54, 1.807) is 12.1 Å². The molecular formula is C8H4ClNO3. The molecule has 0 unspecified atom stereocenters. The average molecular weight is 198 g/mol. The molecule has 0 N–H and O–H groups in total. The Morgan fingerprint density at radius 1 is 1.54 bits per heavy atom. The van der Waals surface area contributed by atoms with Gasteiger partial charge in [0, 0.05) is 6.07 Å². The number of furan rings is 1. The van der Waals surface area contributed by atoms with Crippen LogP contribution in [-0.4, -0.2) is 10.4 Å². The van der Waals surface area contributed by atoms with Gasteiger partial charge in [0.25, 0.3) is 5.24 Å². The first-order valence-corrected chi connectivity index (χ1v) is 3.85. The number of aromatic nitrogens is 1. The fourth-order valence-corrected chi connectivity index (χ4v) is 0.997. The van der Waals surface area contributed by atoms with E-state index in [1.807, 2.05) is 0 Å². The van der Waals surface area contributed by atoms with Crippen molar-refractivity contribution >= 4 is 16.8 Å². The summed E-state index contributed by atoms with van der Waals surface area (Å²) in [5.41, 5.74) is 0.453. The summed E-state index contributed by atoms with van der Waals surface area (Å²) in [5, 5.41) is 2.93. The predicted molar refractivity (Wildman–Crippen MR) is 44.4 cm³/mol. The molecule has 2 aromatic heterocycles. The molecule has 2 rings (SSSR count). The molecule has 5 heteroatoms. The maximum absolute atomic E-state index is 10.6. The van der Waals surface area contributed by atoms with Crippen molar-refractivity contribution in [3.63, 3.8) is 0 Å². The minimum atomic E-state index is -0.676. The van der Waals surface area contributed by atoms with Crippen LogP contribution in [0.3, 0.4) is 0 Å². The van der Waals surface area contributed by atoms with E-state index in [0.29, 0.717) is 11.5 Å². The maximum atomic E-state index is 10.6. The van der Waals surface area contributed by atoms with Crippen molar-refractivity contribution in [2.24, 2.45) is 0 Å². The van der Waals surface area contributed by atoms with Gasteiger partial charge >= 0.3 is 0 Å². The summed E-state index contributed by atoms with van der Waals surface area (Å²) in [6.07, 6.45) is 1.51. The van der Waals surface area contributed by atoms with E-state index >= 15 is 0 Å². The van der Waals surface area contributed by atoms with Gasteiger partial charge < -0.3 is 8.94 Å². The lowest BCUT2D eigenvalue weighted by atomic mass is 10.3. The van der Waals surface area contributed by atoms with E-state index in [9.17, 15) is 4.79 Å². The van der Waals surface area contributed by atoms with Crippen LogP contribution in [0.1, 0.15) is 10.6 Å². The number of rotatable bonds is 2. The number of hydrogen-bond donors (Lipinski definition) is 0. The summed E-state index contributed by atoms with van der Waals surface area (Å²) in [6, 6.07) is 4.85. The second-order valence-corrected chi connectivity index (χ2v) is 2.67. The zero-order valence-corrected chi connectivity index (χ0v) is 7.12. The molecule has 4 nitrogen and oxygen atoms in total. The molecule has 0 aromatic carbocycles. The molecule has 2 aromatic rings. The number of nitrogens with zero attached hydrogens (tertiary/aromatic N) is 1. The standard InChI is InChI=1S/C8H4ClNO3/c9-8(11)7-4-5(10-13-7)6-2-1-3-12-6/h1-4H. The molecule has 0 amide bonds. The molecule has 0 fully saturated rings. The summed E-state index contributed by atoms with van der Waals surface area (Å²) >= 11 is 5.17. The van der Waals surface area contributed by atoms with Crippen LogP contribution in [0.4, 0.5) is 0 Å². The molecule has 0 aliphatic rings. The molecule has 0 saturated carbocycles. The van der Waals surface area contributed by atoms with Gasteiger partial charge in [-0.1, -0.05) is 5.16 Å². The molecule has 0 spiro atoms. The Morgan fingerprint density at radius 3 is 2.92 bits per heavy atom. The molecule has 66 valence electrons. The number of hydrogen-bond acceptors (Lipinski definition) is 4. The van der Waals surface area contributed by atoms with Crippen molar-refractivity contribution in [1.29, 1.82) is 0 Å². The van der Waals surface area contributed by atoms with E-state index in [-0.39, 0.29) is 5.76 Å². The van der Waals surface area contributed by atoms with Crippen molar-refractivity contribution in [3.05, 3.63) is 30.2 Å². The van der Waals surface area contributed by atoms with Gasteiger partial charge in [-0.05, 0) is 23.7 Å². The van der Waals surface area contributed by atoms with Crippen molar-refractivity contribution in [3.8, 4) is 11.5 Å². The summed E-state index contributed by atoms with van der Waals surface area (Å²) in [4.78, 5) is 10.6. The van der Waals surface area contributed by atoms with Gasteiger partial charge in [-0.15, -0.1) is 0 Å². The van der Waals surface area contributed by atoms with Gasteiger partial charge in [0.1, 0.15) is 5.69 Å². The van der Waals surface area contributed by atoms with Crippen LogP contribution in [0.15, 0.2) is 33.4 Å². The Hall–Kier alpha value is -1.55. The van der Waals surface area contributed by atoms with E-state index in [4.69, 9.17) is 16.0 Å². The summed E-state index contributed by atoms with van der Waals surface area (Å²) in [5.74, 6) is 0.543. The predicted octanol–water partition coefficient (Wildman–Crippen LogP) is 2.31. The number of carbonyl (C=O) groups excluding carboxylic acids is 1. The molecule has 0 bridgehead atoms. The van der Waals surface area contributed by atoms with Crippen LogP contribution in [0, 0.1) is 0 Å². The molecule has 0 aliphatic carbocycles. The lowest BCUT2D eigenvalue weighted by molar-refractivity contribution is 0.104. The van der Waals surface area contributed by atoms with E-state index < -0.39 is 5.24 Å². The zero-order chi connectivity index (χ0) is 9.26. The average Bonchev–Trinajstić information content (AvgIpc) is 2.75. The Kier molecular flexibility index (Phi) is 1.90. The lowest BCUT2D eigenvalue weighted by Gasteiger charge is -1.82. The highest BCUT2D eigenvalue weighted by molar-refractivity contribution is 6.67. The van der Waals surface area contributed by atoms with Gasteiger partial charge in [-0.25, -0.2) is 0 Å². The smallest absolute Gasteiger partial charge is 0.290 e. The third kappa shape index (κ3) is 1.48. The Labute approximate surface area is 78.1 Å². The lowest BCUT2D eigenvalue weighted by Crippen LogP contribution is -1.81. The van der Waals surface area contributed by atoms with Gasteiger partial charge in [-0.3, -0.25) is 4.79 Å². The van der Waals surface area contributed by atoms with Gasteiger partial charge in [0.05, 0.1) is 6.26 Å². The minimum Gasteiger partial charge on any atom is -0.463 e. The summed E-state index contributed by atoms with van der Waals surface area (Å²) in [7, 11) is 0. The van der Waals surface area contributed by atoms with Crippen LogP contribution in [-0.2, 0) is 0 Å². The van der Waals surface area contributed by atoms with Crippen LogP contribution in [0.2, 0.25) is 0 Å². The van der Waals surface area contributed by atoms with Gasteiger partial charge in [0.15, 0.2) is 5.76 Å². The highest BCUT2D eigenvalue weighted by Gasteiger charge is 2.12. The van der Waals surface area contributed by atoms with E-state index in [1.165, 1.54) is 12.3 Å². The fraction of sp³-hybridized carbons (Fsp3) is 0. The van der Waals surface area contributed by atoms with Crippen molar-refractivity contribution in [1.82, 2.24) is 5.16 Å². The van der Waals surface area contributed by atoms with E-state index in [2.05, 4.69) is 9.68 Å². The van der Waals surface area contributed by atoms with Crippen LogP contribution < -0.4 is 0 Å². The molecule has 0 aliphatic heterocycles. The van der Waals surface area contributed by atoms with Crippen LogP contribution >= 0.6 is 11.6 Å². The monoisotopic (exact) mass is 197 g/mol. The SMILES string of the molecule is O=C(Cl)c1cc(-c2ccco2)no1. The summed E-state index contributed by atoms with van der Waals surface area (Å²) < 4.78 is 9.69. The van der Waals surface area contributed by atoms with Crippen molar-refractivity contribution in [2.45, 2.75) is 0 Å².